The van der Waals surface area contributed by atoms with Crippen molar-refractivity contribution in [2.75, 3.05) is 32.3 Å². The van der Waals surface area contributed by atoms with Crippen molar-refractivity contribution in [3.63, 3.8) is 0 Å². The van der Waals surface area contributed by atoms with E-state index >= 15 is 0 Å². The van der Waals surface area contributed by atoms with Crippen LogP contribution in [0.25, 0.3) is 11.1 Å². The molecular weight excluding hydrogens is 685 g/mol. The maximum absolute atomic E-state index is 13.3. The van der Waals surface area contributed by atoms with Gasteiger partial charge in [-0.05, 0) is 86.3 Å². The van der Waals surface area contributed by atoms with E-state index in [-0.39, 0.29) is 12.2 Å². The van der Waals surface area contributed by atoms with E-state index in [4.69, 9.17) is 4.74 Å². The lowest BCUT2D eigenvalue weighted by Crippen LogP contribution is -2.42. The van der Waals surface area contributed by atoms with Gasteiger partial charge in [-0.15, -0.1) is 0 Å². The van der Waals surface area contributed by atoms with Crippen molar-refractivity contribution in [1.29, 1.82) is 0 Å². The van der Waals surface area contributed by atoms with E-state index in [0.29, 0.717) is 36.2 Å². The number of nitrogens with one attached hydrogen (secondary N) is 1. The number of carboxylic acid groups (broad SMARTS) is 1. The van der Waals surface area contributed by atoms with Crippen molar-refractivity contribution >= 4 is 21.7 Å². The first kappa shape index (κ1) is 45.1. The van der Waals surface area contributed by atoms with E-state index in [9.17, 15) is 23.1 Å². The van der Waals surface area contributed by atoms with Crippen molar-refractivity contribution in [2.24, 2.45) is 11.8 Å². The van der Waals surface area contributed by atoms with Crippen LogP contribution in [0.1, 0.15) is 80.4 Å². The summed E-state index contributed by atoms with van der Waals surface area (Å²) in [7, 11) is -1.65. The average molecular weight is 747 g/mol. The number of benzene rings is 3. The number of carboxylic acids is 1. The zero-order valence-electron chi connectivity index (χ0n) is 33.1. The normalized spacial score (nSPS) is 17.0. The Morgan fingerprint density at radius 1 is 1.06 bits per heavy atom. The number of amides is 1. The van der Waals surface area contributed by atoms with E-state index in [1.54, 1.807) is 13.2 Å². The Bertz CT molecular complexity index is 1740. The monoisotopic (exact) mass is 746 g/mol. The zero-order chi connectivity index (χ0) is 39.6. The van der Waals surface area contributed by atoms with Gasteiger partial charge < -0.3 is 15.2 Å². The lowest BCUT2D eigenvalue weighted by molar-refractivity contribution is -0.139. The van der Waals surface area contributed by atoms with Gasteiger partial charge >= 0.3 is 5.97 Å². The highest BCUT2D eigenvalue weighted by Gasteiger charge is 2.30. The van der Waals surface area contributed by atoms with Crippen molar-refractivity contribution in [3.05, 3.63) is 119 Å². The summed E-state index contributed by atoms with van der Waals surface area (Å²) < 4.78 is 28.5. The molecule has 3 aromatic rings. The summed E-state index contributed by atoms with van der Waals surface area (Å²) >= 11 is 0. The summed E-state index contributed by atoms with van der Waals surface area (Å²) in [6, 6.07) is 22.6. The van der Waals surface area contributed by atoms with Crippen LogP contribution in [0.3, 0.4) is 0 Å². The summed E-state index contributed by atoms with van der Waals surface area (Å²) in [5, 5.41) is 12.1. The molecule has 1 heterocycles. The minimum Gasteiger partial charge on any atom is -0.480 e. The number of sulfone groups is 1. The van der Waals surface area contributed by atoms with E-state index in [0.717, 1.165) is 41.8 Å². The molecule has 0 aromatic heterocycles. The number of nitrogens with zero attached hydrogens (tertiary/aromatic N) is 1. The van der Waals surface area contributed by atoms with Crippen LogP contribution in [-0.2, 0) is 25.9 Å². The first-order valence-electron chi connectivity index (χ1n) is 18.5. The maximum Gasteiger partial charge on any atom is 0.326 e. The van der Waals surface area contributed by atoms with Crippen LogP contribution in [0.4, 0.5) is 0 Å². The van der Waals surface area contributed by atoms with Gasteiger partial charge in [0.1, 0.15) is 15.9 Å². The topological polar surface area (TPSA) is 113 Å². The van der Waals surface area contributed by atoms with E-state index < -0.39 is 27.8 Å². The third-order valence-corrected chi connectivity index (χ3v) is 10.3. The molecule has 1 saturated heterocycles. The number of allylic oxidation sites excluding steroid dienone is 3. The standard InChI is InChI=1S/C27H36N2O6S.C10H18.C7H8/c1-18-13-21(17-35-3)29(15-18)16-20-9-10-23(24(14-20)22-8-6-5-7-19(22)2)26(30)28-25(27(31)32)11-12-36(4,33)34;1-5-7-10(4)8-9(3)6-2;1-7-5-3-2-4-6-7/h5-10,14,18,21,25H,11-13,15-17H2,1-4H3,(H,28,30)(H,31,32);5,7,9H,1,6,8H2,2-4H3;2-6H,1H3/b;10-7+;. The maximum atomic E-state index is 13.3. The predicted molar refractivity (Wildman–Crippen MR) is 219 cm³/mol. The van der Waals surface area contributed by atoms with Crippen LogP contribution < -0.4 is 5.32 Å². The molecule has 0 aliphatic carbocycles. The fourth-order valence-electron chi connectivity index (χ4n) is 6.34. The molecule has 3 aromatic carbocycles. The molecule has 1 aliphatic rings. The number of hydrogen-bond acceptors (Lipinski definition) is 6. The molecule has 0 radical (unpaired) electrons. The minimum atomic E-state index is -3.37. The number of aryl methyl sites for hydroxylation is 2. The van der Waals surface area contributed by atoms with Crippen LogP contribution in [0.15, 0.2) is 97.1 Å². The average Bonchev–Trinajstić information content (AvgIpc) is 3.45. The smallest absolute Gasteiger partial charge is 0.326 e. The second-order valence-corrected chi connectivity index (χ2v) is 16.7. The lowest BCUT2D eigenvalue weighted by atomic mass is 9.93. The zero-order valence-corrected chi connectivity index (χ0v) is 33.9. The van der Waals surface area contributed by atoms with E-state index in [1.807, 2.05) is 67.6 Å². The van der Waals surface area contributed by atoms with Gasteiger partial charge in [0.15, 0.2) is 0 Å². The molecule has 2 N–H and O–H groups in total. The number of aliphatic carboxylic acids is 1. The second-order valence-electron chi connectivity index (χ2n) is 14.5. The Kier molecular flexibility index (Phi) is 19.5. The number of rotatable bonds is 15. The molecule has 4 rings (SSSR count). The largest absolute Gasteiger partial charge is 0.480 e. The highest BCUT2D eigenvalue weighted by molar-refractivity contribution is 7.90. The van der Waals surface area contributed by atoms with E-state index in [2.05, 4.69) is 69.6 Å². The number of methoxy groups -OCH3 is 1. The van der Waals surface area contributed by atoms with E-state index in [1.165, 1.54) is 24.0 Å². The molecule has 53 heavy (non-hydrogen) atoms. The van der Waals surface area contributed by atoms with Crippen molar-refractivity contribution in [3.8, 4) is 11.1 Å². The molecule has 1 fully saturated rings. The summed E-state index contributed by atoms with van der Waals surface area (Å²) in [4.78, 5) is 27.4. The molecule has 0 spiro atoms. The summed E-state index contributed by atoms with van der Waals surface area (Å²) in [5.41, 5.74) is 6.74. The molecule has 290 valence electrons. The molecule has 0 bridgehead atoms. The highest BCUT2D eigenvalue weighted by atomic mass is 32.2. The summed E-state index contributed by atoms with van der Waals surface area (Å²) in [5.74, 6) is -0.756. The van der Waals surface area contributed by atoms with Gasteiger partial charge in [-0.3, -0.25) is 9.69 Å². The SMILES string of the molecule is C=C/C=C(\C)CC(C)CC.COCC1CC(C)CN1Cc1ccc(C(=O)NC(CCS(C)(=O)=O)C(=O)O)c(-c2ccccc2C)c1.Cc1ccccc1. The third kappa shape index (κ3) is 16.7. The highest BCUT2D eigenvalue weighted by Crippen LogP contribution is 2.31. The van der Waals surface area contributed by atoms with Crippen LogP contribution in [0.2, 0.25) is 0 Å². The number of likely N-dealkylation sites (tertiary alicyclic amines) is 1. The summed E-state index contributed by atoms with van der Waals surface area (Å²) in [6.45, 7) is 19.0. The molecule has 4 unspecified atom stereocenters. The fraction of sp³-hybridized carbons (Fsp3) is 0.455. The first-order valence-corrected chi connectivity index (χ1v) is 20.6. The number of hydrogen-bond donors (Lipinski definition) is 2. The van der Waals surface area contributed by atoms with Gasteiger partial charge in [0.25, 0.3) is 5.91 Å². The quantitative estimate of drug-likeness (QED) is 0.150. The fourth-order valence-corrected chi connectivity index (χ4v) is 7.00. The van der Waals surface area contributed by atoms with Crippen LogP contribution in [0.5, 0.6) is 0 Å². The Balaban J connectivity index is 0.000000467. The van der Waals surface area contributed by atoms with Crippen LogP contribution >= 0.6 is 0 Å². The van der Waals surface area contributed by atoms with Gasteiger partial charge in [-0.1, -0.05) is 118 Å². The van der Waals surface area contributed by atoms with Gasteiger partial charge in [-0.2, -0.15) is 0 Å². The van der Waals surface area contributed by atoms with Crippen LogP contribution in [0, 0.1) is 25.7 Å². The molecule has 0 saturated carbocycles. The van der Waals surface area contributed by atoms with Gasteiger partial charge in [0.2, 0.25) is 0 Å². The molecular formula is C44H62N2O6S. The number of carbonyl (C=O) groups is 2. The number of carbonyl (C=O) groups excluding carboxylic acids is 1. The predicted octanol–water partition coefficient (Wildman–Crippen LogP) is 8.69. The van der Waals surface area contributed by atoms with Crippen molar-refractivity contribution < 1.29 is 27.9 Å². The van der Waals surface area contributed by atoms with Crippen molar-refractivity contribution in [2.45, 2.75) is 85.9 Å². The molecule has 9 heteroatoms. The van der Waals surface area contributed by atoms with Crippen LogP contribution in [-0.4, -0.2) is 74.7 Å². The first-order chi connectivity index (χ1) is 25.1. The number of ether oxygens (including phenoxy) is 1. The molecule has 1 amide bonds. The molecule has 8 nitrogen and oxygen atoms in total. The Labute approximate surface area is 319 Å². The second kappa shape index (κ2) is 22.9. The van der Waals surface area contributed by atoms with Gasteiger partial charge in [0, 0.05) is 38.1 Å². The van der Waals surface area contributed by atoms with Gasteiger partial charge in [0.05, 0.1) is 12.4 Å². The minimum absolute atomic E-state index is 0.203. The molecule has 4 atom stereocenters. The van der Waals surface area contributed by atoms with Crippen molar-refractivity contribution in [1.82, 2.24) is 10.2 Å². The Hall–Kier alpha value is -4.05. The lowest BCUT2D eigenvalue weighted by Gasteiger charge is -2.24. The summed E-state index contributed by atoms with van der Waals surface area (Å²) in [6.07, 6.45) is 8.34. The molecule has 1 aliphatic heterocycles. The van der Waals surface area contributed by atoms with Gasteiger partial charge in [-0.25, -0.2) is 13.2 Å². The Morgan fingerprint density at radius 3 is 2.26 bits per heavy atom. The Morgan fingerprint density at radius 2 is 1.72 bits per heavy atom. The third-order valence-electron chi connectivity index (χ3n) is 9.34.